The van der Waals surface area contributed by atoms with Gasteiger partial charge in [-0.25, -0.2) is 0 Å². The van der Waals surface area contributed by atoms with Gasteiger partial charge in [0, 0.05) is 19.3 Å². The van der Waals surface area contributed by atoms with Gasteiger partial charge in [0.05, 0.1) is 0 Å². The lowest BCUT2D eigenvalue weighted by Crippen LogP contribution is -2.30. The Kier molecular flexibility index (Phi) is 59.3. The van der Waals surface area contributed by atoms with E-state index in [2.05, 4.69) is 106 Å². The Hall–Kier alpha value is -3.41. The Balaban J connectivity index is 4.31. The van der Waals surface area contributed by atoms with Crippen LogP contribution in [0.25, 0.3) is 0 Å². The molecule has 6 heteroatoms. The smallest absolute Gasteiger partial charge is 0.306 e. The molecule has 0 aliphatic heterocycles. The summed E-state index contributed by atoms with van der Waals surface area (Å²) in [5.74, 6) is -0.876. The van der Waals surface area contributed by atoms with Crippen LogP contribution in [0.4, 0.5) is 0 Å². The molecule has 0 N–H and O–H groups in total. The van der Waals surface area contributed by atoms with Crippen LogP contribution in [0.2, 0.25) is 0 Å². The first-order valence-electron chi connectivity index (χ1n) is 31.6. The van der Waals surface area contributed by atoms with Crippen molar-refractivity contribution in [3.05, 3.63) is 85.1 Å². The molecule has 0 spiro atoms. The van der Waals surface area contributed by atoms with Crippen LogP contribution in [0.3, 0.4) is 0 Å². The van der Waals surface area contributed by atoms with Crippen molar-refractivity contribution in [2.75, 3.05) is 13.2 Å². The van der Waals surface area contributed by atoms with Crippen molar-refractivity contribution in [1.82, 2.24) is 0 Å². The van der Waals surface area contributed by atoms with Crippen LogP contribution in [0.1, 0.15) is 310 Å². The first-order chi connectivity index (χ1) is 36.5. The molecule has 0 fully saturated rings. The highest BCUT2D eigenvalue weighted by molar-refractivity contribution is 5.71. The molecule has 0 saturated heterocycles. The van der Waals surface area contributed by atoms with Crippen LogP contribution in [-0.4, -0.2) is 37.2 Å². The van der Waals surface area contributed by atoms with Gasteiger partial charge in [-0.2, -0.15) is 0 Å². The molecule has 0 amide bonds. The minimum absolute atomic E-state index is 0.0777. The average molecular weight is 1030 g/mol. The first-order valence-corrected chi connectivity index (χ1v) is 31.6. The van der Waals surface area contributed by atoms with Gasteiger partial charge in [0.25, 0.3) is 0 Å². The van der Waals surface area contributed by atoms with Gasteiger partial charge in [0.1, 0.15) is 13.2 Å². The average Bonchev–Trinajstić information content (AvgIpc) is 3.40. The summed E-state index contributed by atoms with van der Waals surface area (Å²) < 4.78 is 16.9. The maximum atomic E-state index is 12.9. The monoisotopic (exact) mass is 1030 g/mol. The fourth-order valence-corrected chi connectivity index (χ4v) is 8.98. The Labute approximate surface area is 458 Å². The summed E-state index contributed by atoms with van der Waals surface area (Å²) in [5.41, 5.74) is 0. The zero-order chi connectivity index (χ0) is 53.6. The SMILES string of the molecule is CC/C=C\C/C=C\C/C=C\C/C=C\CCCCCCCCCCCCCCC(=O)OCC(COC(=O)CCCCCCCCCCCCCCCC)OC(=O)CCCCCCCCC/C=C\C/C=C\C/C=C\CC. The standard InChI is InChI=1S/C68H118O6/c1-4-7-10-13-16-19-22-25-28-30-31-32-33-34-35-36-37-39-40-43-46-49-52-55-58-61-67(70)73-64-65(63-72-66(69)60-57-54-51-48-45-42-27-24-21-18-15-12-9-6-3)74-68(71)62-59-56-53-50-47-44-41-38-29-26-23-20-17-14-11-8-5-2/h7-8,10-11,16-17,19-20,25-26,28-29,31-32,65H,4-6,9,12-15,18,21-24,27,30,33-64H2,1-3H3/b10-7-,11-8-,19-16-,20-17-,28-25-,29-26-,32-31-. The molecule has 0 aliphatic carbocycles. The largest absolute Gasteiger partial charge is 0.462 e. The van der Waals surface area contributed by atoms with Crippen LogP contribution in [0, 0.1) is 0 Å². The van der Waals surface area contributed by atoms with E-state index in [0.29, 0.717) is 19.3 Å². The van der Waals surface area contributed by atoms with E-state index < -0.39 is 6.10 Å². The molecule has 0 bridgehead atoms. The summed E-state index contributed by atoms with van der Waals surface area (Å²) in [7, 11) is 0. The van der Waals surface area contributed by atoms with Gasteiger partial charge in [0.2, 0.25) is 0 Å². The van der Waals surface area contributed by atoms with Crippen LogP contribution in [0.15, 0.2) is 85.1 Å². The van der Waals surface area contributed by atoms with Crippen LogP contribution >= 0.6 is 0 Å². The lowest BCUT2D eigenvalue weighted by molar-refractivity contribution is -0.167. The third-order valence-electron chi connectivity index (χ3n) is 13.6. The van der Waals surface area contributed by atoms with Crippen molar-refractivity contribution in [1.29, 1.82) is 0 Å². The number of rotatable bonds is 57. The first kappa shape index (κ1) is 70.6. The predicted octanol–water partition coefficient (Wildman–Crippen LogP) is 21.5. The second-order valence-electron chi connectivity index (χ2n) is 20.9. The van der Waals surface area contributed by atoms with E-state index >= 15 is 0 Å². The normalized spacial score (nSPS) is 12.6. The minimum atomic E-state index is -0.782. The molecule has 1 atom stereocenters. The Bertz CT molecular complexity index is 1420. The molecular weight excluding hydrogens is 913 g/mol. The molecule has 0 aliphatic rings. The Morgan fingerprint density at radius 2 is 0.527 bits per heavy atom. The summed E-state index contributed by atoms with van der Waals surface area (Å²) in [6, 6.07) is 0. The lowest BCUT2D eigenvalue weighted by Gasteiger charge is -2.18. The van der Waals surface area contributed by atoms with E-state index in [9.17, 15) is 14.4 Å². The van der Waals surface area contributed by atoms with Crippen LogP contribution in [0.5, 0.6) is 0 Å². The number of hydrogen-bond acceptors (Lipinski definition) is 6. The number of ether oxygens (including phenoxy) is 3. The highest BCUT2D eigenvalue weighted by Gasteiger charge is 2.19. The fourth-order valence-electron chi connectivity index (χ4n) is 8.98. The third-order valence-corrected chi connectivity index (χ3v) is 13.6. The van der Waals surface area contributed by atoms with E-state index in [1.54, 1.807) is 0 Å². The van der Waals surface area contributed by atoms with Gasteiger partial charge >= 0.3 is 17.9 Å². The van der Waals surface area contributed by atoms with Crippen molar-refractivity contribution < 1.29 is 28.6 Å². The summed E-state index contributed by atoms with van der Waals surface area (Å²) >= 11 is 0. The van der Waals surface area contributed by atoms with E-state index in [-0.39, 0.29) is 31.1 Å². The second-order valence-corrected chi connectivity index (χ2v) is 20.9. The molecule has 1 unspecified atom stereocenters. The molecular formula is C68H118O6. The van der Waals surface area contributed by atoms with E-state index in [4.69, 9.17) is 14.2 Å². The zero-order valence-electron chi connectivity index (χ0n) is 48.8. The van der Waals surface area contributed by atoms with Crippen molar-refractivity contribution in [3.8, 4) is 0 Å². The van der Waals surface area contributed by atoms with Gasteiger partial charge in [-0.3, -0.25) is 14.4 Å². The Morgan fingerprint density at radius 1 is 0.284 bits per heavy atom. The summed E-state index contributed by atoms with van der Waals surface area (Å²) in [5, 5.41) is 0. The molecule has 6 nitrogen and oxygen atoms in total. The molecule has 0 aromatic heterocycles. The quantitative estimate of drug-likeness (QED) is 0.0261. The topological polar surface area (TPSA) is 78.9 Å². The fraction of sp³-hybridized carbons (Fsp3) is 0.750. The number of esters is 3. The van der Waals surface area contributed by atoms with Crippen molar-refractivity contribution in [2.45, 2.75) is 316 Å². The number of carbonyl (C=O) groups is 3. The molecule has 0 aromatic carbocycles. The molecule has 426 valence electrons. The van der Waals surface area contributed by atoms with E-state index in [0.717, 1.165) is 109 Å². The highest BCUT2D eigenvalue weighted by atomic mass is 16.6. The maximum absolute atomic E-state index is 12.9. The summed E-state index contributed by atoms with van der Waals surface area (Å²) in [4.78, 5) is 38.3. The van der Waals surface area contributed by atoms with Gasteiger partial charge in [-0.05, 0) is 89.9 Å². The van der Waals surface area contributed by atoms with Crippen molar-refractivity contribution >= 4 is 17.9 Å². The minimum Gasteiger partial charge on any atom is -0.462 e. The van der Waals surface area contributed by atoms with Crippen molar-refractivity contribution in [2.24, 2.45) is 0 Å². The van der Waals surface area contributed by atoms with Crippen LogP contribution < -0.4 is 0 Å². The Morgan fingerprint density at radius 3 is 0.824 bits per heavy atom. The molecule has 0 saturated carbocycles. The zero-order valence-corrected chi connectivity index (χ0v) is 48.8. The predicted molar refractivity (Wildman–Crippen MR) is 321 cm³/mol. The number of carbonyl (C=O) groups excluding carboxylic acids is 3. The number of hydrogen-bond donors (Lipinski definition) is 0. The van der Waals surface area contributed by atoms with Gasteiger partial charge in [0.15, 0.2) is 6.10 Å². The maximum Gasteiger partial charge on any atom is 0.306 e. The van der Waals surface area contributed by atoms with Crippen molar-refractivity contribution in [3.63, 3.8) is 0 Å². The summed E-state index contributed by atoms with van der Waals surface area (Å²) in [6.07, 6.45) is 81.5. The lowest BCUT2D eigenvalue weighted by atomic mass is 10.0. The molecule has 0 heterocycles. The second kappa shape index (κ2) is 62.1. The highest BCUT2D eigenvalue weighted by Crippen LogP contribution is 2.17. The molecule has 0 rings (SSSR count). The number of allylic oxidation sites excluding steroid dienone is 14. The van der Waals surface area contributed by atoms with E-state index in [1.165, 1.54) is 161 Å². The van der Waals surface area contributed by atoms with Gasteiger partial charge < -0.3 is 14.2 Å². The molecule has 74 heavy (non-hydrogen) atoms. The van der Waals surface area contributed by atoms with Gasteiger partial charge in [-0.15, -0.1) is 0 Å². The third kappa shape index (κ3) is 59.5. The van der Waals surface area contributed by atoms with E-state index in [1.807, 2.05) is 0 Å². The van der Waals surface area contributed by atoms with Gasteiger partial charge in [-0.1, -0.05) is 286 Å². The molecule has 0 radical (unpaired) electrons. The number of unbranched alkanes of at least 4 members (excludes halogenated alkanes) is 32. The molecule has 0 aromatic rings. The summed E-state index contributed by atoms with van der Waals surface area (Å²) in [6.45, 7) is 6.44. The van der Waals surface area contributed by atoms with Crippen LogP contribution in [-0.2, 0) is 28.6 Å².